The quantitative estimate of drug-likeness (QED) is 0.811. The van der Waals surface area contributed by atoms with E-state index in [9.17, 15) is 9.59 Å². The molecule has 5 nitrogen and oxygen atoms in total. The van der Waals surface area contributed by atoms with Crippen molar-refractivity contribution in [3.63, 3.8) is 0 Å². The molecular weight excluding hydrogens is 240 g/mol. The Morgan fingerprint density at radius 1 is 1.53 bits per heavy atom. The number of thiophene rings is 1. The van der Waals surface area contributed by atoms with Gasteiger partial charge in [-0.2, -0.15) is 0 Å². The predicted octanol–water partition coefficient (Wildman–Crippen LogP) is 1.45. The summed E-state index contributed by atoms with van der Waals surface area (Å²) in [6.07, 6.45) is 0. The van der Waals surface area contributed by atoms with Gasteiger partial charge in [0.15, 0.2) is 0 Å². The van der Waals surface area contributed by atoms with Gasteiger partial charge < -0.3 is 15.0 Å². The van der Waals surface area contributed by atoms with Crippen molar-refractivity contribution in [2.45, 2.75) is 13.5 Å². The van der Waals surface area contributed by atoms with Crippen molar-refractivity contribution in [2.75, 3.05) is 20.2 Å². The van der Waals surface area contributed by atoms with Crippen LogP contribution in [-0.4, -0.2) is 37.1 Å². The Morgan fingerprint density at radius 3 is 2.88 bits per heavy atom. The Morgan fingerprint density at radius 2 is 2.29 bits per heavy atom. The van der Waals surface area contributed by atoms with Crippen LogP contribution in [0.1, 0.15) is 11.8 Å². The molecule has 0 radical (unpaired) electrons. The van der Waals surface area contributed by atoms with E-state index in [0.717, 1.165) is 4.88 Å². The molecule has 17 heavy (non-hydrogen) atoms. The molecule has 6 heteroatoms. The normalized spacial score (nSPS) is 9.76. The molecule has 0 aliphatic heterocycles. The lowest BCUT2D eigenvalue weighted by atomic mass is 10.4. The zero-order chi connectivity index (χ0) is 12.7. The topological polar surface area (TPSA) is 58.6 Å². The molecule has 1 rings (SSSR count). The van der Waals surface area contributed by atoms with Crippen LogP contribution in [0.25, 0.3) is 0 Å². The molecule has 1 aromatic rings. The summed E-state index contributed by atoms with van der Waals surface area (Å²) in [6, 6.07) is 3.61. The maximum Gasteiger partial charge on any atom is 0.325 e. The number of nitrogens with one attached hydrogen (secondary N) is 1. The second-order valence-electron chi connectivity index (χ2n) is 3.40. The van der Waals surface area contributed by atoms with Crippen LogP contribution in [0.5, 0.6) is 0 Å². The lowest BCUT2D eigenvalue weighted by Gasteiger charge is -2.16. The van der Waals surface area contributed by atoms with Crippen LogP contribution in [0.3, 0.4) is 0 Å². The number of hydrogen-bond acceptors (Lipinski definition) is 4. The number of rotatable bonds is 5. The van der Waals surface area contributed by atoms with Gasteiger partial charge in [-0.05, 0) is 18.4 Å². The first kappa shape index (κ1) is 13.5. The van der Waals surface area contributed by atoms with Crippen LogP contribution in [-0.2, 0) is 16.1 Å². The second kappa shape index (κ2) is 6.90. The summed E-state index contributed by atoms with van der Waals surface area (Å²) < 4.78 is 4.71. The molecule has 1 N–H and O–H groups in total. The van der Waals surface area contributed by atoms with E-state index in [4.69, 9.17) is 4.74 Å². The van der Waals surface area contributed by atoms with E-state index in [-0.39, 0.29) is 12.6 Å². The van der Waals surface area contributed by atoms with Gasteiger partial charge in [-0.25, -0.2) is 4.79 Å². The Bertz CT molecular complexity index is 365. The van der Waals surface area contributed by atoms with E-state index in [1.54, 1.807) is 25.3 Å². The molecule has 94 valence electrons. The highest BCUT2D eigenvalue weighted by atomic mass is 32.1. The molecule has 0 aliphatic rings. The summed E-state index contributed by atoms with van der Waals surface area (Å²) in [5.41, 5.74) is 0. The Kier molecular flexibility index (Phi) is 5.48. The molecule has 0 bridgehead atoms. The van der Waals surface area contributed by atoms with Gasteiger partial charge in [0.2, 0.25) is 0 Å². The van der Waals surface area contributed by atoms with Gasteiger partial charge in [0.1, 0.15) is 6.54 Å². The van der Waals surface area contributed by atoms with E-state index in [1.165, 1.54) is 4.90 Å². The Hall–Kier alpha value is -1.56. The number of urea groups is 1. The monoisotopic (exact) mass is 256 g/mol. The smallest absolute Gasteiger partial charge is 0.325 e. The largest absolute Gasteiger partial charge is 0.465 e. The highest BCUT2D eigenvalue weighted by molar-refractivity contribution is 7.09. The minimum atomic E-state index is -0.426. The number of carbonyl (C=O) groups is 2. The van der Waals surface area contributed by atoms with Gasteiger partial charge in [0, 0.05) is 11.9 Å². The molecule has 0 aromatic carbocycles. The number of nitrogens with zero attached hydrogens (tertiary/aromatic N) is 1. The first-order chi connectivity index (χ1) is 8.13. The summed E-state index contributed by atoms with van der Waals surface area (Å²) in [7, 11) is 1.68. The van der Waals surface area contributed by atoms with E-state index < -0.39 is 5.97 Å². The minimum Gasteiger partial charge on any atom is -0.465 e. The van der Waals surface area contributed by atoms with Gasteiger partial charge in [-0.15, -0.1) is 11.3 Å². The molecule has 0 fully saturated rings. The third kappa shape index (κ3) is 4.86. The minimum absolute atomic E-state index is 0.0958. The van der Waals surface area contributed by atoms with Crippen LogP contribution < -0.4 is 5.32 Å². The third-order valence-electron chi connectivity index (χ3n) is 2.01. The summed E-state index contributed by atoms with van der Waals surface area (Å²) in [4.78, 5) is 25.2. The van der Waals surface area contributed by atoms with Crippen molar-refractivity contribution in [1.82, 2.24) is 10.2 Å². The van der Waals surface area contributed by atoms with Gasteiger partial charge in [-0.3, -0.25) is 4.79 Å². The van der Waals surface area contributed by atoms with Crippen molar-refractivity contribution >= 4 is 23.3 Å². The predicted molar refractivity (Wildman–Crippen MR) is 65.8 cm³/mol. The zero-order valence-corrected chi connectivity index (χ0v) is 10.8. The Balaban J connectivity index is 2.29. The first-order valence-corrected chi connectivity index (χ1v) is 6.18. The number of ether oxygens (including phenoxy) is 1. The maximum atomic E-state index is 11.6. The average Bonchev–Trinajstić information content (AvgIpc) is 2.79. The van der Waals surface area contributed by atoms with Gasteiger partial charge in [0.05, 0.1) is 13.2 Å². The average molecular weight is 256 g/mol. The van der Waals surface area contributed by atoms with Crippen LogP contribution in [0.2, 0.25) is 0 Å². The van der Waals surface area contributed by atoms with Crippen LogP contribution in [0.4, 0.5) is 4.79 Å². The van der Waals surface area contributed by atoms with Gasteiger partial charge >= 0.3 is 12.0 Å². The molecular formula is C11H16N2O3S. The zero-order valence-electron chi connectivity index (χ0n) is 9.93. The van der Waals surface area contributed by atoms with Crippen molar-refractivity contribution < 1.29 is 14.3 Å². The van der Waals surface area contributed by atoms with Crippen LogP contribution >= 0.6 is 11.3 Å². The summed E-state index contributed by atoms with van der Waals surface area (Å²) in [5.74, 6) is -0.426. The fourth-order valence-electron chi connectivity index (χ4n) is 1.20. The van der Waals surface area contributed by atoms with E-state index in [2.05, 4.69) is 5.32 Å². The molecule has 2 amide bonds. The van der Waals surface area contributed by atoms with E-state index in [0.29, 0.717) is 13.2 Å². The van der Waals surface area contributed by atoms with Gasteiger partial charge in [-0.1, -0.05) is 6.07 Å². The van der Waals surface area contributed by atoms with Crippen LogP contribution in [0.15, 0.2) is 17.5 Å². The fourth-order valence-corrected chi connectivity index (χ4v) is 1.96. The van der Waals surface area contributed by atoms with Gasteiger partial charge in [0.25, 0.3) is 0 Å². The lowest BCUT2D eigenvalue weighted by Crippen LogP contribution is -2.39. The summed E-state index contributed by atoms with van der Waals surface area (Å²) in [6.45, 7) is 2.48. The molecule has 1 heterocycles. The standard InChI is InChI=1S/C11H16N2O3S/c1-3-16-10(14)7-12-11(15)13(2)8-9-5-4-6-17-9/h4-6H,3,7-8H2,1-2H3,(H,12,15). The summed E-state index contributed by atoms with van der Waals surface area (Å²) >= 11 is 1.59. The summed E-state index contributed by atoms with van der Waals surface area (Å²) in [5, 5.41) is 4.45. The molecule has 0 saturated carbocycles. The fraction of sp³-hybridized carbons (Fsp3) is 0.455. The Labute approximate surface area is 104 Å². The van der Waals surface area contributed by atoms with Crippen molar-refractivity contribution in [3.8, 4) is 0 Å². The van der Waals surface area contributed by atoms with Crippen molar-refractivity contribution in [3.05, 3.63) is 22.4 Å². The van der Waals surface area contributed by atoms with Crippen LogP contribution in [0, 0.1) is 0 Å². The highest BCUT2D eigenvalue weighted by Gasteiger charge is 2.11. The second-order valence-corrected chi connectivity index (χ2v) is 4.43. The third-order valence-corrected chi connectivity index (χ3v) is 2.87. The van der Waals surface area contributed by atoms with Crippen molar-refractivity contribution in [2.24, 2.45) is 0 Å². The molecule has 0 saturated heterocycles. The number of hydrogen-bond donors (Lipinski definition) is 1. The highest BCUT2D eigenvalue weighted by Crippen LogP contribution is 2.10. The maximum absolute atomic E-state index is 11.6. The molecule has 0 spiro atoms. The number of amides is 2. The molecule has 0 aliphatic carbocycles. The van der Waals surface area contributed by atoms with Crippen molar-refractivity contribution in [1.29, 1.82) is 0 Å². The lowest BCUT2D eigenvalue weighted by molar-refractivity contribution is -0.141. The first-order valence-electron chi connectivity index (χ1n) is 5.30. The molecule has 1 aromatic heterocycles. The number of esters is 1. The molecule has 0 atom stereocenters. The number of carbonyl (C=O) groups excluding carboxylic acids is 2. The van der Waals surface area contributed by atoms with E-state index >= 15 is 0 Å². The van der Waals surface area contributed by atoms with E-state index in [1.807, 2.05) is 17.5 Å². The molecule has 0 unspecified atom stereocenters. The SMILES string of the molecule is CCOC(=O)CNC(=O)N(C)Cc1cccs1.